The Balaban J connectivity index is 0. The fourth-order valence-electron chi connectivity index (χ4n) is 0.0393. The molecule has 3 nitrogen and oxygen atoms in total. The van der Waals surface area contributed by atoms with E-state index in [9.17, 15) is 9.59 Å². The first-order valence-corrected chi connectivity index (χ1v) is 1.87. The summed E-state index contributed by atoms with van der Waals surface area (Å²) < 4.78 is 0. The largest absolute Gasteiger partial charge is 0.333 e. The zero-order valence-electron chi connectivity index (χ0n) is 4.26. The molecule has 0 rings (SSSR count). The summed E-state index contributed by atoms with van der Waals surface area (Å²) in [4.78, 5) is 18.3. The van der Waals surface area contributed by atoms with E-state index < -0.39 is 0 Å². The average Bonchev–Trinajstić information content (AvgIpc) is 1.75. The van der Waals surface area contributed by atoms with Gasteiger partial charge in [-0.3, -0.25) is 0 Å². The van der Waals surface area contributed by atoms with Crippen molar-refractivity contribution in [2.45, 2.75) is 6.42 Å². The highest BCUT2D eigenvalue weighted by molar-refractivity contribution is 5.72. The van der Waals surface area contributed by atoms with Crippen LogP contribution in [-0.2, 0) is 9.59 Å². The number of nitrogens with two attached hydrogens (primary N) is 1. The van der Waals surface area contributed by atoms with E-state index in [1.807, 2.05) is 0 Å². The Labute approximate surface area is 42.5 Å². The SMILES string of the molecule is CN.O=CCC=O. The Morgan fingerprint density at radius 2 is 1.57 bits per heavy atom. The van der Waals surface area contributed by atoms with Crippen LogP contribution in [0.5, 0.6) is 0 Å². The fourth-order valence-corrected chi connectivity index (χ4v) is 0.0393. The van der Waals surface area contributed by atoms with Crippen LogP contribution in [0, 0.1) is 0 Å². The zero-order chi connectivity index (χ0) is 6.12. The summed E-state index contributed by atoms with van der Waals surface area (Å²) in [5, 5.41) is 0. The van der Waals surface area contributed by atoms with Gasteiger partial charge in [0.2, 0.25) is 0 Å². The van der Waals surface area contributed by atoms with E-state index in [4.69, 9.17) is 0 Å². The standard InChI is InChI=1S/C3H4O2.CH5N/c4-2-1-3-5;1-2/h2-3H,1H2;2H2,1H3. The Morgan fingerprint density at radius 3 is 1.57 bits per heavy atom. The van der Waals surface area contributed by atoms with Crippen LogP contribution >= 0.6 is 0 Å². The molecule has 0 aromatic carbocycles. The van der Waals surface area contributed by atoms with Gasteiger partial charge in [0.05, 0.1) is 6.42 Å². The van der Waals surface area contributed by atoms with Crippen molar-refractivity contribution in [3.05, 3.63) is 0 Å². The van der Waals surface area contributed by atoms with Gasteiger partial charge in [0.1, 0.15) is 12.6 Å². The number of rotatable bonds is 2. The van der Waals surface area contributed by atoms with Crippen molar-refractivity contribution in [2.75, 3.05) is 7.05 Å². The van der Waals surface area contributed by atoms with E-state index in [1.165, 1.54) is 7.05 Å². The van der Waals surface area contributed by atoms with Gasteiger partial charge in [-0.1, -0.05) is 0 Å². The van der Waals surface area contributed by atoms with Gasteiger partial charge in [-0.2, -0.15) is 0 Å². The molecule has 0 heterocycles. The zero-order valence-corrected chi connectivity index (χ0v) is 4.26. The van der Waals surface area contributed by atoms with Gasteiger partial charge in [-0.25, -0.2) is 0 Å². The van der Waals surface area contributed by atoms with Gasteiger partial charge >= 0.3 is 0 Å². The van der Waals surface area contributed by atoms with Gasteiger partial charge in [0, 0.05) is 0 Å². The topological polar surface area (TPSA) is 60.2 Å². The lowest BCUT2D eigenvalue weighted by atomic mass is 10.6. The highest BCUT2D eigenvalue weighted by Gasteiger charge is 1.65. The first-order chi connectivity index (χ1) is 3.41. The van der Waals surface area contributed by atoms with E-state index in [0.29, 0.717) is 12.6 Å². The van der Waals surface area contributed by atoms with Gasteiger partial charge < -0.3 is 15.3 Å². The van der Waals surface area contributed by atoms with Crippen LogP contribution in [0.3, 0.4) is 0 Å². The molecule has 0 aliphatic rings. The molecule has 0 amide bonds. The minimum atomic E-state index is 0.0278. The molecule has 0 atom stereocenters. The molecule has 0 aliphatic carbocycles. The maximum Gasteiger partial charge on any atom is 0.127 e. The molecule has 7 heavy (non-hydrogen) atoms. The second-order valence-corrected chi connectivity index (χ2v) is 0.569. The maximum atomic E-state index is 9.17. The lowest BCUT2D eigenvalue weighted by Crippen LogP contribution is -1.69. The van der Waals surface area contributed by atoms with E-state index >= 15 is 0 Å². The van der Waals surface area contributed by atoms with Gasteiger partial charge in [0.15, 0.2) is 0 Å². The molecule has 0 aromatic heterocycles. The monoisotopic (exact) mass is 103 g/mol. The van der Waals surface area contributed by atoms with Crippen LogP contribution in [-0.4, -0.2) is 19.6 Å². The van der Waals surface area contributed by atoms with E-state index in [-0.39, 0.29) is 6.42 Å². The van der Waals surface area contributed by atoms with Crippen LogP contribution < -0.4 is 5.73 Å². The van der Waals surface area contributed by atoms with E-state index in [0.717, 1.165) is 0 Å². The Hall–Kier alpha value is -0.700. The third-order valence-corrected chi connectivity index (χ3v) is 0.192. The Bertz CT molecular complexity index is 39.0. The summed E-state index contributed by atoms with van der Waals surface area (Å²) in [6.07, 6.45) is 1.15. The van der Waals surface area contributed by atoms with Gasteiger partial charge in [-0.15, -0.1) is 0 Å². The van der Waals surface area contributed by atoms with Crippen molar-refractivity contribution in [3.8, 4) is 0 Å². The Morgan fingerprint density at radius 1 is 1.29 bits per heavy atom. The molecule has 3 heteroatoms. The third kappa shape index (κ3) is 34.2. The smallest absolute Gasteiger partial charge is 0.127 e. The molecule has 0 aromatic rings. The van der Waals surface area contributed by atoms with Crippen molar-refractivity contribution in [1.29, 1.82) is 0 Å². The summed E-state index contributed by atoms with van der Waals surface area (Å²) in [5.41, 5.74) is 4.50. The van der Waals surface area contributed by atoms with Crippen LogP contribution in [0.25, 0.3) is 0 Å². The molecule has 0 unspecified atom stereocenters. The number of carbonyl (C=O) groups is 2. The first-order valence-electron chi connectivity index (χ1n) is 1.87. The minimum absolute atomic E-state index is 0.0278. The summed E-state index contributed by atoms with van der Waals surface area (Å²) in [6, 6.07) is 0. The molecule has 2 N–H and O–H groups in total. The second-order valence-electron chi connectivity index (χ2n) is 0.569. The van der Waals surface area contributed by atoms with E-state index in [1.54, 1.807) is 0 Å². The highest BCUT2D eigenvalue weighted by Crippen LogP contribution is 1.50. The quantitative estimate of drug-likeness (QED) is 0.373. The summed E-state index contributed by atoms with van der Waals surface area (Å²) in [7, 11) is 1.50. The molecular weight excluding hydrogens is 94.0 g/mol. The minimum Gasteiger partial charge on any atom is -0.333 e. The number of hydrogen-bond acceptors (Lipinski definition) is 3. The molecule has 0 saturated carbocycles. The van der Waals surface area contributed by atoms with Crippen molar-refractivity contribution >= 4 is 12.6 Å². The summed E-state index contributed by atoms with van der Waals surface area (Å²) >= 11 is 0. The van der Waals surface area contributed by atoms with Crippen LogP contribution in [0.1, 0.15) is 6.42 Å². The predicted octanol–water partition coefficient (Wildman–Crippen LogP) is -0.651. The lowest BCUT2D eigenvalue weighted by molar-refractivity contribution is -0.114. The van der Waals surface area contributed by atoms with Gasteiger partial charge in [-0.05, 0) is 7.05 Å². The highest BCUT2D eigenvalue weighted by atomic mass is 16.1. The molecular formula is C4H9NO2. The molecule has 0 fully saturated rings. The Kier molecular flexibility index (Phi) is 25.3. The average molecular weight is 103 g/mol. The van der Waals surface area contributed by atoms with Crippen molar-refractivity contribution < 1.29 is 9.59 Å². The predicted molar refractivity (Wildman–Crippen MR) is 26.9 cm³/mol. The summed E-state index contributed by atoms with van der Waals surface area (Å²) in [5.74, 6) is 0. The lowest BCUT2D eigenvalue weighted by Gasteiger charge is -1.53. The normalized spacial score (nSPS) is 5.43. The third-order valence-electron chi connectivity index (χ3n) is 0.192. The van der Waals surface area contributed by atoms with Crippen molar-refractivity contribution in [2.24, 2.45) is 5.73 Å². The van der Waals surface area contributed by atoms with Crippen molar-refractivity contribution in [3.63, 3.8) is 0 Å². The number of hydrogen-bond donors (Lipinski definition) is 1. The molecule has 42 valence electrons. The van der Waals surface area contributed by atoms with Crippen LogP contribution in [0.4, 0.5) is 0 Å². The summed E-state index contributed by atoms with van der Waals surface area (Å²) in [6.45, 7) is 0. The van der Waals surface area contributed by atoms with Gasteiger partial charge in [0.25, 0.3) is 0 Å². The molecule has 0 saturated heterocycles. The van der Waals surface area contributed by atoms with Crippen molar-refractivity contribution in [1.82, 2.24) is 0 Å². The molecule has 0 radical (unpaired) electrons. The van der Waals surface area contributed by atoms with Crippen LogP contribution in [0.2, 0.25) is 0 Å². The number of aldehydes is 2. The number of carbonyl (C=O) groups excluding carboxylic acids is 2. The van der Waals surface area contributed by atoms with E-state index in [2.05, 4.69) is 5.73 Å². The molecule has 0 aliphatic heterocycles. The first kappa shape index (κ1) is 9.57. The maximum absolute atomic E-state index is 9.17. The fraction of sp³-hybridized carbons (Fsp3) is 0.500. The molecule has 0 bridgehead atoms. The second kappa shape index (κ2) is 18.5. The molecule has 0 spiro atoms. The van der Waals surface area contributed by atoms with Crippen LogP contribution in [0.15, 0.2) is 0 Å².